The van der Waals surface area contributed by atoms with E-state index < -0.39 is 0 Å². The van der Waals surface area contributed by atoms with Crippen LogP contribution in [0.1, 0.15) is 20.8 Å². The molecule has 0 bridgehead atoms. The smallest absolute Gasteiger partial charge is 0.674 e. The Morgan fingerprint density at radius 3 is 1.78 bits per heavy atom. The van der Waals surface area contributed by atoms with Gasteiger partial charge in [0.25, 0.3) is 0 Å². The molecule has 0 aliphatic heterocycles. The van der Waals surface area contributed by atoms with Crippen molar-refractivity contribution in [1.29, 1.82) is 0 Å². The monoisotopic (exact) mass is 156 g/mol. The standard InChI is InChI=1S/C4H11N2.C2H6.K/c1-4(5)3-6-2;1-2;/h4-6H,3H2,1-2H3;1-2H3;/q-1;;+1. The molecule has 0 saturated carbocycles. The molecule has 0 heterocycles. The van der Waals surface area contributed by atoms with E-state index in [4.69, 9.17) is 5.73 Å². The molecule has 0 aromatic heterocycles. The first-order chi connectivity index (χ1) is 3.77. The fraction of sp³-hybridized carbons (Fsp3) is 1.00. The minimum absolute atomic E-state index is 0. The van der Waals surface area contributed by atoms with Crippen LogP contribution in [-0.2, 0) is 0 Å². The van der Waals surface area contributed by atoms with Gasteiger partial charge in [0.1, 0.15) is 0 Å². The topological polar surface area (TPSA) is 35.8 Å². The number of hydrogen-bond donors (Lipinski definition) is 1. The van der Waals surface area contributed by atoms with Crippen molar-refractivity contribution in [3.8, 4) is 0 Å². The molecule has 0 aromatic rings. The zero-order valence-corrected chi connectivity index (χ0v) is 10.4. The zero-order valence-electron chi connectivity index (χ0n) is 7.28. The fourth-order valence-corrected chi connectivity index (χ4v) is 0.306. The molecule has 0 saturated heterocycles. The van der Waals surface area contributed by atoms with E-state index in [-0.39, 0.29) is 57.4 Å². The Morgan fingerprint density at radius 2 is 1.78 bits per heavy atom. The third-order valence-electron chi connectivity index (χ3n) is 0.510. The second-order valence-corrected chi connectivity index (χ2v) is 1.46. The van der Waals surface area contributed by atoms with Crippen molar-refractivity contribution in [2.75, 3.05) is 13.6 Å². The molecule has 0 amide bonds. The second kappa shape index (κ2) is 16.3. The molecular formula is C6H17KN2. The third-order valence-corrected chi connectivity index (χ3v) is 0.510. The third kappa shape index (κ3) is 26.3. The van der Waals surface area contributed by atoms with Crippen LogP contribution in [0.25, 0.3) is 5.73 Å². The summed E-state index contributed by atoms with van der Waals surface area (Å²) in [7, 11) is 1.85. The molecule has 52 valence electrons. The van der Waals surface area contributed by atoms with Gasteiger partial charge in [0, 0.05) is 0 Å². The van der Waals surface area contributed by atoms with Crippen molar-refractivity contribution >= 4 is 0 Å². The molecular weight excluding hydrogens is 139 g/mol. The summed E-state index contributed by atoms with van der Waals surface area (Å²) in [5.41, 5.74) is 6.92. The van der Waals surface area contributed by atoms with E-state index in [1.807, 2.05) is 27.8 Å². The van der Waals surface area contributed by atoms with E-state index in [2.05, 4.69) is 5.32 Å². The molecule has 0 aliphatic rings. The maximum atomic E-state index is 6.92. The molecule has 0 aliphatic carbocycles. The Morgan fingerprint density at radius 1 is 1.44 bits per heavy atom. The number of hydrogen-bond acceptors (Lipinski definition) is 1. The summed E-state index contributed by atoms with van der Waals surface area (Å²) in [5.74, 6) is 0. The molecule has 0 aromatic carbocycles. The molecule has 9 heavy (non-hydrogen) atoms. The molecule has 0 radical (unpaired) electrons. The Kier molecular flexibility index (Phi) is 30.5. The summed E-state index contributed by atoms with van der Waals surface area (Å²) >= 11 is 0. The summed E-state index contributed by atoms with van der Waals surface area (Å²) in [4.78, 5) is 0. The largest absolute Gasteiger partial charge is 1.00 e. The predicted molar refractivity (Wildman–Crippen MR) is 39.1 cm³/mol. The van der Waals surface area contributed by atoms with Crippen LogP contribution in [0.15, 0.2) is 0 Å². The minimum atomic E-state index is 0. The van der Waals surface area contributed by atoms with Gasteiger partial charge in [-0.2, -0.15) is 0 Å². The number of nitrogens with one attached hydrogen (secondary N) is 2. The first-order valence-electron chi connectivity index (χ1n) is 3.13. The first kappa shape index (κ1) is 16.9. The molecule has 1 unspecified atom stereocenters. The predicted octanol–water partition coefficient (Wildman–Crippen LogP) is -1.32. The van der Waals surface area contributed by atoms with Gasteiger partial charge in [-0.1, -0.05) is 20.8 Å². The van der Waals surface area contributed by atoms with Crippen molar-refractivity contribution in [3.63, 3.8) is 0 Å². The normalized spacial score (nSPS) is 10.3. The molecule has 2 nitrogen and oxygen atoms in total. The van der Waals surface area contributed by atoms with Gasteiger partial charge < -0.3 is 11.1 Å². The van der Waals surface area contributed by atoms with E-state index >= 15 is 0 Å². The summed E-state index contributed by atoms with van der Waals surface area (Å²) in [6, 6.07) is 0.0370. The van der Waals surface area contributed by atoms with E-state index in [0.717, 1.165) is 6.54 Å². The Bertz CT molecular complexity index is 32.2. The van der Waals surface area contributed by atoms with Gasteiger partial charge >= 0.3 is 51.4 Å². The van der Waals surface area contributed by atoms with Gasteiger partial charge in [0.15, 0.2) is 0 Å². The Labute approximate surface area is 101 Å². The number of rotatable bonds is 2. The molecule has 1 atom stereocenters. The van der Waals surface area contributed by atoms with Gasteiger partial charge in [-0.25, -0.2) is 0 Å². The summed E-state index contributed by atoms with van der Waals surface area (Å²) in [6.45, 7) is 6.65. The van der Waals surface area contributed by atoms with E-state index in [1.165, 1.54) is 0 Å². The molecule has 2 N–H and O–H groups in total. The maximum absolute atomic E-state index is 6.92. The average molecular weight is 156 g/mol. The molecule has 0 spiro atoms. The molecule has 3 heteroatoms. The van der Waals surface area contributed by atoms with Crippen molar-refractivity contribution < 1.29 is 51.4 Å². The van der Waals surface area contributed by atoms with Gasteiger partial charge in [-0.15, -0.1) is 6.04 Å². The van der Waals surface area contributed by atoms with Crippen molar-refractivity contribution in [1.82, 2.24) is 5.32 Å². The van der Waals surface area contributed by atoms with E-state index in [1.54, 1.807) is 0 Å². The summed E-state index contributed by atoms with van der Waals surface area (Å²) < 4.78 is 0. The molecule has 0 rings (SSSR count). The minimum Gasteiger partial charge on any atom is -0.674 e. The van der Waals surface area contributed by atoms with Crippen LogP contribution in [0.3, 0.4) is 0 Å². The fourth-order valence-electron chi connectivity index (χ4n) is 0.306. The van der Waals surface area contributed by atoms with Crippen molar-refractivity contribution in [3.05, 3.63) is 5.73 Å². The van der Waals surface area contributed by atoms with Crippen LogP contribution < -0.4 is 56.7 Å². The first-order valence-corrected chi connectivity index (χ1v) is 3.13. The van der Waals surface area contributed by atoms with Crippen molar-refractivity contribution in [2.24, 2.45) is 0 Å². The second-order valence-electron chi connectivity index (χ2n) is 1.46. The Hall–Kier alpha value is 1.56. The van der Waals surface area contributed by atoms with Gasteiger partial charge in [0.05, 0.1) is 0 Å². The van der Waals surface area contributed by atoms with Crippen LogP contribution in [0.2, 0.25) is 0 Å². The maximum Gasteiger partial charge on any atom is 1.00 e. The average Bonchev–Trinajstić information content (AvgIpc) is 1.72. The quantitative estimate of drug-likeness (QED) is 0.494. The zero-order chi connectivity index (χ0) is 6.99. The van der Waals surface area contributed by atoms with Crippen LogP contribution in [-0.4, -0.2) is 19.6 Å². The van der Waals surface area contributed by atoms with E-state index in [0.29, 0.717) is 0 Å². The number of likely N-dealkylation sites (N-methyl/N-ethyl adjacent to an activating group) is 1. The van der Waals surface area contributed by atoms with Crippen LogP contribution in [0, 0.1) is 0 Å². The van der Waals surface area contributed by atoms with Gasteiger partial charge in [-0.05, 0) is 13.6 Å². The SMILES string of the molecule is CC.CNCC(C)[NH-].[K+]. The van der Waals surface area contributed by atoms with Crippen LogP contribution >= 0.6 is 0 Å². The van der Waals surface area contributed by atoms with Gasteiger partial charge in [-0.3, -0.25) is 0 Å². The molecule has 0 fully saturated rings. The van der Waals surface area contributed by atoms with Crippen LogP contribution in [0.5, 0.6) is 0 Å². The summed E-state index contributed by atoms with van der Waals surface area (Å²) in [5, 5.41) is 2.88. The van der Waals surface area contributed by atoms with Crippen LogP contribution in [0.4, 0.5) is 0 Å². The Balaban J connectivity index is -0.000000109. The van der Waals surface area contributed by atoms with E-state index in [9.17, 15) is 0 Å². The van der Waals surface area contributed by atoms with Gasteiger partial charge in [0.2, 0.25) is 0 Å². The van der Waals surface area contributed by atoms with Crippen molar-refractivity contribution in [2.45, 2.75) is 26.8 Å². The summed E-state index contributed by atoms with van der Waals surface area (Å²) in [6.07, 6.45) is 0.